The molecular formula is C27H26BrN3O3. The Labute approximate surface area is 207 Å². The van der Waals surface area contributed by atoms with Gasteiger partial charge in [-0.3, -0.25) is 4.79 Å². The fourth-order valence-corrected chi connectivity index (χ4v) is 3.91. The highest BCUT2D eigenvalue weighted by molar-refractivity contribution is 9.10. The molecule has 0 amide bonds. The highest BCUT2D eigenvalue weighted by Crippen LogP contribution is 2.28. The molecule has 0 radical (unpaired) electrons. The van der Waals surface area contributed by atoms with Gasteiger partial charge in [0.15, 0.2) is 11.5 Å². The van der Waals surface area contributed by atoms with Crippen LogP contribution in [-0.4, -0.2) is 23.0 Å². The molecule has 174 valence electrons. The van der Waals surface area contributed by atoms with Gasteiger partial charge in [-0.05, 0) is 60.9 Å². The van der Waals surface area contributed by atoms with Crippen LogP contribution in [0, 0.1) is 6.92 Å². The second-order valence-corrected chi connectivity index (χ2v) is 8.90. The number of hydrogen-bond acceptors (Lipinski definition) is 5. The predicted octanol–water partition coefficient (Wildman–Crippen LogP) is 5.89. The number of aromatic nitrogens is 2. The van der Waals surface area contributed by atoms with E-state index in [1.807, 2.05) is 49.4 Å². The number of ether oxygens (including phenoxy) is 2. The van der Waals surface area contributed by atoms with Crippen LogP contribution >= 0.6 is 15.9 Å². The van der Waals surface area contributed by atoms with Crippen molar-refractivity contribution in [1.29, 1.82) is 0 Å². The second kappa shape index (κ2) is 10.7. The van der Waals surface area contributed by atoms with Crippen LogP contribution in [0.5, 0.6) is 11.5 Å². The number of fused-ring (bicyclic) bond motifs is 1. The van der Waals surface area contributed by atoms with E-state index in [1.165, 1.54) is 10.2 Å². The average molecular weight is 520 g/mol. The van der Waals surface area contributed by atoms with Crippen molar-refractivity contribution in [2.75, 3.05) is 7.11 Å². The summed E-state index contributed by atoms with van der Waals surface area (Å²) in [5.74, 6) is 1.86. The fraction of sp³-hybridized carbons (Fsp3) is 0.222. The molecule has 0 saturated carbocycles. The number of rotatable bonds is 8. The third-order valence-electron chi connectivity index (χ3n) is 5.37. The van der Waals surface area contributed by atoms with E-state index in [0.29, 0.717) is 41.3 Å². The lowest BCUT2D eigenvalue weighted by atomic mass is 10.2. The van der Waals surface area contributed by atoms with Gasteiger partial charge >= 0.3 is 0 Å². The van der Waals surface area contributed by atoms with E-state index in [4.69, 9.17) is 9.47 Å². The topological polar surface area (TPSA) is 65.7 Å². The van der Waals surface area contributed by atoms with E-state index in [2.05, 4.69) is 45.1 Å². The third kappa shape index (κ3) is 5.37. The summed E-state index contributed by atoms with van der Waals surface area (Å²) in [4.78, 5) is 17.8. The van der Waals surface area contributed by atoms with Crippen LogP contribution in [0.4, 0.5) is 0 Å². The van der Waals surface area contributed by atoms with Crippen molar-refractivity contribution in [3.05, 3.63) is 98.0 Å². The predicted molar refractivity (Wildman–Crippen MR) is 139 cm³/mol. The number of halogens is 1. The maximum atomic E-state index is 13.2. The zero-order valence-corrected chi connectivity index (χ0v) is 21.0. The minimum absolute atomic E-state index is 0.198. The first-order valence-corrected chi connectivity index (χ1v) is 11.9. The highest BCUT2D eigenvalue weighted by atomic mass is 79.9. The quantitative estimate of drug-likeness (QED) is 0.272. The Balaban J connectivity index is 1.62. The number of aryl methyl sites for hydroxylation is 2. The summed E-state index contributed by atoms with van der Waals surface area (Å²) in [6, 6.07) is 19.3. The molecule has 6 nitrogen and oxygen atoms in total. The summed E-state index contributed by atoms with van der Waals surface area (Å²) in [6.07, 6.45) is 3.14. The number of hydrogen-bond donors (Lipinski definition) is 0. The normalized spacial score (nSPS) is 11.3. The molecule has 0 bridgehead atoms. The summed E-state index contributed by atoms with van der Waals surface area (Å²) in [5.41, 5.74) is 3.54. The summed E-state index contributed by atoms with van der Waals surface area (Å²) >= 11 is 3.43. The molecule has 4 aromatic rings. The molecule has 0 aliphatic carbocycles. The molecular weight excluding hydrogens is 494 g/mol. The standard InChI is InChI=1S/C27H26BrN3O3/c1-4-5-26-30-23-12-11-21(28)15-22(23)27(32)31(26)29-16-20-10-13-24(25(14-20)33-3)34-17-19-8-6-18(2)7-9-19/h6-16H,4-5,17H2,1-3H3. The second-order valence-electron chi connectivity index (χ2n) is 7.99. The summed E-state index contributed by atoms with van der Waals surface area (Å²) in [6.45, 7) is 4.55. The van der Waals surface area contributed by atoms with Gasteiger partial charge in [0.05, 0.1) is 24.2 Å². The van der Waals surface area contributed by atoms with Gasteiger partial charge in [-0.2, -0.15) is 9.78 Å². The Morgan fingerprint density at radius 1 is 1.06 bits per heavy atom. The molecule has 0 atom stereocenters. The first-order chi connectivity index (χ1) is 16.5. The Hall–Kier alpha value is -3.45. The Bertz CT molecular complexity index is 1400. The zero-order valence-electron chi connectivity index (χ0n) is 19.4. The van der Waals surface area contributed by atoms with E-state index < -0.39 is 0 Å². The molecule has 0 N–H and O–H groups in total. The van der Waals surface area contributed by atoms with Crippen LogP contribution < -0.4 is 15.0 Å². The van der Waals surface area contributed by atoms with Crippen molar-refractivity contribution >= 4 is 33.0 Å². The van der Waals surface area contributed by atoms with Crippen LogP contribution in [0.3, 0.4) is 0 Å². The van der Waals surface area contributed by atoms with E-state index >= 15 is 0 Å². The summed E-state index contributed by atoms with van der Waals surface area (Å²) < 4.78 is 13.7. The average Bonchev–Trinajstić information content (AvgIpc) is 2.84. The van der Waals surface area contributed by atoms with Crippen LogP contribution in [0.2, 0.25) is 0 Å². The maximum Gasteiger partial charge on any atom is 0.282 e. The molecule has 1 aromatic heterocycles. The van der Waals surface area contributed by atoms with E-state index in [0.717, 1.165) is 22.0 Å². The van der Waals surface area contributed by atoms with Crippen molar-refractivity contribution in [3.8, 4) is 11.5 Å². The zero-order chi connectivity index (χ0) is 24.1. The number of benzene rings is 3. The largest absolute Gasteiger partial charge is 0.493 e. The molecule has 0 aliphatic rings. The van der Waals surface area contributed by atoms with Crippen LogP contribution in [-0.2, 0) is 13.0 Å². The molecule has 7 heteroatoms. The third-order valence-corrected chi connectivity index (χ3v) is 5.87. The first kappa shape index (κ1) is 23.7. The molecule has 0 aliphatic heterocycles. The molecule has 0 spiro atoms. The van der Waals surface area contributed by atoms with Crippen molar-refractivity contribution in [2.45, 2.75) is 33.3 Å². The lowest BCUT2D eigenvalue weighted by Crippen LogP contribution is -2.22. The molecule has 34 heavy (non-hydrogen) atoms. The smallest absolute Gasteiger partial charge is 0.282 e. The van der Waals surface area contributed by atoms with Gasteiger partial charge in [-0.15, -0.1) is 0 Å². The van der Waals surface area contributed by atoms with Gasteiger partial charge in [-0.1, -0.05) is 52.7 Å². The van der Waals surface area contributed by atoms with Crippen LogP contribution in [0.15, 0.2) is 75.0 Å². The fourth-order valence-electron chi connectivity index (χ4n) is 3.55. The molecule has 1 heterocycles. The minimum atomic E-state index is -0.198. The van der Waals surface area contributed by atoms with Crippen LogP contribution in [0.1, 0.15) is 35.9 Å². The SMILES string of the molecule is CCCc1nc2ccc(Br)cc2c(=O)n1N=Cc1ccc(OCc2ccc(C)cc2)c(OC)c1. The number of nitrogens with zero attached hydrogens (tertiary/aromatic N) is 3. The first-order valence-electron chi connectivity index (χ1n) is 11.1. The highest BCUT2D eigenvalue weighted by Gasteiger charge is 2.11. The lowest BCUT2D eigenvalue weighted by Gasteiger charge is -2.12. The van der Waals surface area contributed by atoms with Gasteiger partial charge in [0, 0.05) is 10.9 Å². The lowest BCUT2D eigenvalue weighted by molar-refractivity contribution is 0.284. The Morgan fingerprint density at radius 2 is 1.85 bits per heavy atom. The van der Waals surface area contributed by atoms with Crippen molar-refractivity contribution in [1.82, 2.24) is 9.66 Å². The van der Waals surface area contributed by atoms with Gasteiger partial charge in [0.1, 0.15) is 12.4 Å². The van der Waals surface area contributed by atoms with Crippen molar-refractivity contribution in [3.63, 3.8) is 0 Å². The molecule has 0 unspecified atom stereocenters. The molecule has 4 rings (SSSR count). The summed E-state index contributed by atoms with van der Waals surface area (Å²) in [7, 11) is 1.60. The molecule has 0 saturated heterocycles. The maximum absolute atomic E-state index is 13.2. The van der Waals surface area contributed by atoms with Crippen LogP contribution in [0.25, 0.3) is 10.9 Å². The minimum Gasteiger partial charge on any atom is -0.493 e. The van der Waals surface area contributed by atoms with E-state index in [-0.39, 0.29) is 5.56 Å². The van der Waals surface area contributed by atoms with Gasteiger partial charge < -0.3 is 9.47 Å². The van der Waals surface area contributed by atoms with E-state index in [1.54, 1.807) is 19.4 Å². The molecule has 0 fully saturated rings. The van der Waals surface area contributed by atoms with Crippen molar-refractivity contribution < 1.29 is 9.47 Å². The van der Waals surface area contributed by atoms with Gasteiger partial charge in [-0.25, -0.2) is 4.98 Å². The number of methoxy groups -OCH3 is 1. The van der Waals surface area contributed by atoms with E-state index in [9.17, 15) is 4.79 Å². The Morgan fingerprint density at radius 3 is 2.59 bits per heavy atom. The van der Waals surface area contributed by atoms with Gasteiger partial charge in [0.2, 0.25) is 0 Å². The monoisotopic (exact) mass is 519 g/mol. The Kier molecular flexibility index (Phi) is 7.43. The summed E-state index contributed by atoms with van der Waals surface area (Å²) in [5, 5.41) is 5.00. The molecule has 3 aromatic carbocycles. The van der Waals surface area contributed by atoms with Gasteiger partial charge in [0.25, 0.3) is 5.56 Å². The van der Waals surface area contributed by atoms with Crippen molar-refractivity contribution in [2.24, 2.45) is 5.10 Å².